The van der Waals surface area contributed by atoms with Crippen LogP contribution >= 0.6 is 0 Å². The SMILES string of the molecule is CC[C@@H](C)N(CCNC(=O)Nc1cn(CC(C)C)c(=O)c2ccccc12)Cc1ccco1. The molecule has 1 atom stereocenters. The van der Waals surface area contributed by atoms with E-state index in [0.717, 1.165) is 17.6 Å². The molecule has 1 aromatic carbocycles. The Morgan fingerprint density at radius 3 is 2.53 bits per heavy atom. The lowest BCUT2D eigenvalue weighted by Gasteiger charge is -2.27. The minimum Gasteiger partial charge on any atom is -0.468 e. The highest BCUT2D eigenvalue weighted by atomic mass is 16.3. The number of aromatic nitrogens is 1. The van der Waals surface area contributed by atoms with Crippen LogP contribution in [-0.2, 0) is 13.1 Å². The van der Waals surface area contributed by atoms with Gasteiger partial charge in [-0.3, -0.25) is 9.69 Å². The van der Waals surface area contributed by atoms with E-state index in [1.807, 2.05) is 30.3 Å². The molecule has 3 rings (SSSR count). The van der Waals surface area contributed by atoms with Gasteiger partial charge in [-0.2, -0.15) is 0 Å². The average Bonchev–Trinajstić information content (AvgIpc) is 3.28. The summed E-state index contributed by atoms with van der Waals surface area (Å²) < 4.78 is 7.16. The lowest BCUT2D eigenvalue weighted by atomic mass is 10.1. The predicted octanol–water partition coefficient (Wildman–Crippen LogP) is 4.67. The van der Waals surface area contributed by atoms with Gasteiger partial charge in [0.25, 0.3) is 5.56 Å². The van der Waals surface area contributed by atoms with Gasteiger partial charge in [-0.05, 0) is 37.5 Å². The van der Waals surface area contributed by atoms with Gasteiger partial charge in [0.2, 0.25) is 0 Å². The highest BCUT2D eigenvalue weighted by molar-refractivity contribution is 6.00. The van der Waals surface area contributed by atoms with Crippen LogP contribution in [0.15, 0.2) is 58.1 Å². The molecule has 7 nitrogen and oxygen atoms in total. The minimum absolute atomic E-state index is 0.0395. The third-order valence-electron chi connectivity index (χ3n) is 5.64. The van der Waals surface area contributed by atoms with Crippen LogP contribution in [0.25, 0.3) is 10.8 Å². The summed E-state index contributed by atoms with van der Waals surface area (Å²) in [7, 11) is 0. The maximum Gasteiger partial charge on any atom is 0.319 e. The topological polar surface area (TPSA) is 79.5 Å². The highest BCUT2D eigenvalue weighted by Gasteiger charge is 2.15. The Bertz CT molecular complexity index is 1070. The molecule has 0 aliphatic heterocycles. The van der Waals surface area contributed by atoms with Crippen LogP contribution in [0.4, 0.5) is 10.5 Å². The zero-order valence-electron chi connectivity index (χ0n) is 19.4. The highest BCUT2D eigenvalue weighted by Crippen LogP contribution is 2.21. The molecule has 7 heteroatoms. The number of anilines is 1. The number of fused-ring (bicyclic) bond motifs is 1. The van der Waals surface area contributed by atoms with Gasteiger partial charge in [-0.1, -0.05) is 39.0 Å². The number of hydrogen-bond acceptors (Lipinski definition) is 4. The van der Waals surface area contributed by atoms with Crippen molar-refractivity contribution in [3.05, 3.63) is 65.0 Å². The van der Waals surface area contributed by atoms with E-state index in [2.05, 4.69) is 43.2 Å². The number of urea groups is 1. The second-order valence-electron chi connectivity index (χ2n) is 8.63. The first-order chi connectivity index (χ1) is 15.4. The van der Waals surface area contributed by atoms with E-state index in [9.17, 15) is 9.59 Å². The molecule has 0 saturated carbocycles. The van der Waals surface area contributed by atoms with E-state index < -0.39 is 0 Å². The molecular weight excluding hydrogens is 404 g/mol. The van der Waals surface area contributed by atoms with Crippen LogP contribution in [0.5, 0.6) is 0 Å². The number of nitrogens with one attached hydrogen (secondary N) is 2. The Balaban J connectivity index is 1.67. The fraction of sp³-hybridized carbons (Fsp3) is 0.440. The molecule has 2 heterocycles. The fourth-order valence-electron chi connectivity index (χ4n) is 3.77. The number of furan rings is 1. The maximum atomic E-state index is 12.8. The van der Waals surface area contributed by atoms with E-state index >= 15 is 0 Å². The summed E-state index contributed by atoms with van der Waals surface area (Å²) in [4.78, 5) is 27.7. The number of hydrogen-bond donors (Lipinski definition) is 2. The summed E-state index contributed by atoms with van der Waals surface area (Å²) in [6.07, 6.45) is 4.43. The van der Waals surface area contributed by atoms with E-state index in [-0.39, 0.29) is 11.6 Å². The van der Waals surface area contributed by atoms with Gasteiger partial charge < -0.3 is 19.6 Å². The van der Waals surface area contributed by atoms with Crippen LogP contribution in [0.2, 0.25) is 0 Å². The first-order valence-electron chi connectivity index (χ1n) is 11.3. The third-order valence-corrected chi connectivity index (χ3v) is 5.64. The fourth-order valence-corrected chi connectivity index (χ4v) is 3.77. The zero-order valence-corrected chi connectivity index (χ0v) is 19.4. The van der Waals surface area contributed by atoms with Crippen molar-refractivity contribution in [1.82, 2.24) is 14.8 Å². The summed E-state index contributed by atoms with van der Waals surface area (Å²) in [6, 6.07) is 11.3. The molecule has 0 bridgehead atoms. The average molecular weight is 439 g/mol. The molecular formula is C25H34N4O3. The zero-order chi connectivity index (χ0) is 23.1. The van der Waals surface area contributed by atoms with Gasteiger partial charge in [0.05, 0.1) is 18.5 Å². The number of rotatable bonds is 10. The number of pyridine rings is 1. The van der Waals surface area contributed by atoms with Crippen molar-refractivity contribution in [2.24, 2.45) is 5.92 Å². The lowest BCUT2D eigenvalue weighted by molar-refractivity contribution is 0.181. The van der Waals surface area contributed by atoms with E-state index in [1.165, 1.54) is 0 Å². The molecule has 0 aliphatic rings. The smallest absolute Gasteiger partial charge is 0.319 e. The second kappa shape index (κ2) is 11.0. The van der Waals surface area contributed by atoms with Crippen molar-refractivity contribution in [3.8, 4) is 0 Å². The Labute approximate surface area is 189 Å². The van der Waals surface area contributed by atoms with Crippen molar-refractivity contribution in [2.45, 2.75) is 53.2 Å². The molecule has 3 aromatic rings. The summed E-state index contributed by atoms with van der Waals surface area (Å²) in [5, 5.41) is 7.24. The Kier molecular flexibility index (Phi) is 8.11. The summed E-state index contributed by atoms with van der Waals surface area (Å²) >= 11 is 0. The van der Waals surface area contributed by atoms with Crippen LogP contribution in [0, 0.1) is 5.92 Å². The second-order valence-corrected chi connectivity index (χ2v) is 8.63. The standard InChI is InChI=1S/C25H34N4O3/c1-5-19(4)28(16-20-9-8-14-32-20)13-12-26-25(31)27-23-17-29(15-18(2)3)24(30)22-11-7-6-10-21(22)23/h6-11,14,17-19H,5,12-13,15-16H2,1-4H3,(H2,26,27,31)/t19-/m1/s1. The molecule has 0 radical (unpaired) electrons. The maximum absolute atomic E-state index is 12.8. The van der Waals surface area contributed by atoms with E-state index in [0.29, 0.717) is 49.2 Å². The first kappa shape index (κ1) is 23.6. The normalized spacial score (nSPS) is 12.4. The van der Waals surface area contributed by atoms with Crippen LogP contribution in [0.3, 0.4) is 0 Å². The van der Waals surface area contributed by atoms with Crippen molar-refractivity contribution >= 4 is 22.5 Å². The van der Waals surface area contributed by atoms with Crippen molar-refractivity contribution in [2.75, 3.05) is 18.4 Å². The van der Waals surface area contributed by atoms with Gasteiger partial charge in [-0.15, -0.1) is 0 Å². The van der Waals surface area contributed by atoms with Gasteiger partial charge in [0.1, 0.15) is 5.76 Å². The summed E-state index contributed by atoms with van der Waals surface area (Å²) in [5.74, 6) is 1.23. The lowest BCUT2D eigenvalue weighted by Crippen LogP contribution is -2.40. The Morgan fingerprint density at radius 2 is 1.88 bits per heavy atom. The number of carbonyl (C=O) groups is 1. The van der Waals surface area contributed by atoms with E-state index in [4.69, 9.17) is 4.42 Å². The molecule has 172 valence electrons. The number of carbonyl (C=O) groups excluding carboxylic acids is 1. The van der Waals surface area contributed by atoms with Crippen LogP contribution < -0.4 is 16.2 Å². The Morgan fingerprint density at radius 1 is 1.12 bits per heavy atom. The molecule has 2 N–H and O–H groups in total. The molecule has 0 spiro atoms. The van der Waals surface area contributed by atoms with Gasteiger partial charge >= 0.3 is 6.03 Å². The molecule has 0 aliphatic carbocycles. The number of nitrogens with zero attached hydrogens (tertiary/aromatic N) is 2. The predicted molar refractivity (Wildman–Crippen MR) is 129 cm³/mol. The Hall–Kier alpha value is -3.06. The number of amides is 2. The summed E-state index contributed by atoms with van der Waals surface area (Å²) in [5.41, 5.74) is 0.593. The van der Waals surface area contributed by atoms with Crippen LogP contribution in [0.1, 0.15) is 39.9 Å². The van der Waals surface area contributed by atoms with Crippen LogP contribution in [-0.4, -0.2) is 34.6 Å². The number of benzene rings is 1. The first-order valence-corrected chi connectivity index (χ1v) is 11.3. The van der Waals surface area contributed by atoms with Crippen molar-refractivity contribution in [3.63, 3.8) is 0 Å². The van der Waals surface area contributed by atoms with E-state index in [1.54, 1.807) is 23.1 Å². The van der Waals surface area contributed by atoms with Crippen molar-refractivity contribution < 1.29 is 9.21 Å². The largest absolute Gasteiger partial charge is 0.468 e. The van der Waals surface area contributed by atoms with Gasteiger partial charge in [0, 0.05) is 42.6 Å². The third kappa shape index (κ3) is 6.01. The molecule has 0 unspecified atom stereocenters. The van der Waals surface area contributed by atoms with Gasteiger partial charge in [0.15, 0.2) is 0 Å². The molecule has 0 saturated heterocycles. The quantitative estimate of drug-likeness (QED) is 0.482. The molecule has 32 heavy (non-hydrogen) atoms. The monoisotopic (exact) mass is 438 g/mol. The summed E-state index contributed by atoms with van der Waals surface area (Å²) in [6.45, 7) is 11.0. The molecule has 2 aromatic heterocycles. The van der Waals surface area contributed by atoms with Crippen molar-refractivity contribution in [1.29, 1.82) is 0 Å². The molecule has 0 fully saturated rings. The minimum atomic E-state index is -0.285. The molecule has 2 amide bonds. The van der Waals surface area contributed by atoms with Gasteiger partial charge in [-0.25, -0.2) is 4.79 Å².